The average Bonchev–Trinajstić information content (AvgIpc) is 2.51. The fraction of sp³-hybridized carbons (Fsp3) is 0.650. The van der Waals surface area contributed by atoms with Gasteiger partial charge in [-0.05, 0) is 78.9 Å². The van der Waals surface area contributed by atoms with Crippen LogP contribution in [-0.4, -0.2) is 49.1 Å². The van der Waals surface area contributed by atoms with Gasteiger partial charge in [0, 0.05) is 18.6 Å². The van der Waals surface area contributed by atoms with Crippen LogP contribution in [-0.2, 0) is 5.41 Å². The van der Waals surface area contributed by atoms with Gasteiger partial charge in [-0.3, -0.25) is 4.90 Å². The maximum atomic E-state index is 13.3. The summed E-state index contributed by atoms with van der Waals surface area (Å²) in [5.74, 6) is -0.260. The Kier molecular flexibility index (Phi) is 7.86. The van der Waals surface area contributed by atoms with E-state index in [1.807, 2.05) is 14.1 Å². The minimum Gasteiger partial charge on any atom is -0.309 e. The van der Waals surface area contributed by atoms with Crippen molar-refractivity contribution in [2.75, 3.05) is 27.2 Å². The van der Waals surface area contributed by atoms with Crippen molar-refractivity contribution in [3.63, 3.8) is 0 Å². The van der Waals surface area contributed by atoms with Crippen molar-refractivity contribution in [1.82, 2.24) is 9.80 Å². The van der Waals surface area contributed by atoms with E-state index in [0.29, 0.717) is 12.1 Å². The third-order valence-corrected chi connectivity index (χ3v) is 4.72. The Morgan fingerprint density at radius 2 is 1.50 bits per heavy atom. The SMILES string of the molecule is CC(C)N(CCC(C#N)(CCN(C)C)c1ccc(F)cc1)C(C)C. The van der Waals surface area contributed by atoms with Crippen LogP contribution in [0.15, 0.2) is 24.3 Å². The second kappa shape index (κ2) is 9.15. The zero-order chi connectivity index (χ0) is 18.3. The Bertz CT molecular complexity index is 523. The summed E-state index contributed by atoms with van der Waals surface area (Å²) < 4.78 is 13.3. The molecule has 0 aliphatic heterocycles. The maximum absolute atomic E-state index is 13.3. The summed E-state index contributed by atoms with van der Waals surface area (Å²) in [5, 5.41) is 10.0. The molecule has 0 N–H and O–H groups in total. The normalized spacial score (nSPS) is 14.4. The Balaban J connectivity index is 3.08. The fourth-order valence-corrected chi connectivity index (χ4v) is 3.21. The molecule has 0 heterocycles. The predicted molar refractivity (Wildman–Crippen MR) is 98.5 cm³/mol. The van der Waals surface area contributed by atoms with E-state index in [4.69, 9.17) is 0 Å². The molecule has 0 radical (unpaired) electrons. The summed E-state index contributed by atoms with van der Waals surface area (Å²) in [6, 6.07) is 9.88. The van der Waals surface area contributed by atoms with E-state index in [2.05, 4.69) is 43.6 Å². The summed E-state index contributed by atoms with van der Waals surface area (Å²) >= 11 is 0. The number of hydrogen-bond acceptors (Lipinski definition) is 3. The minimum atomic E-state index is -0.583. The van der Waals surface area contributed by atoms with Crippen LogP contribution >= 0.6 is 0 Å². The van der Waals surface area contributed by atoms with Gasteiger partial charge >= 0.3 is 0 Å². The summed E-state index contributed by atoms with van der Waals surface area (Å²) in [5.41, 5.74) is 0.334. The van der Waals surface area contributed by atoms with Gasteiger partial charge in [-0.25, -0.2) is 4.39 Å². The molecule has 134 valence electrons. The molecule has 0 saturated carbocycles. The van der Waals surface area contributed by atoms with Crippen molar-refractivity contribution in [1.29, 1.82) is 5.26 Å². The Labute approximate surface area is 147 Å². The van der Waals surface area contributed by atoms with Crippen LogP contribution in [0.4, 0.5) is 4.39 Å². The summed E-state index contributed by atoms with van der Waals surface area (Å²) in [6.07, 6.45) is 1.49. The molecule has 1 atom stereocenters. The quantitative estimate of drug-likeness (QED) is 0.683. The molecule has 1 rings (SSSR count). The minimum absolute atomic E-state index is 0.260. The van der Waals surface area contributed by atoms with E-state index in [9.17, 15) is 9.65 Å². The summed E-state index contributed by atoms with van der Waals surface area (Å²) in [4.78, 5) is 4.50. The first-order chi connectivity index (χ1) is 11.2. The molecule has 24 heavy (non-hydrogen) atoms. The average molecular weight is 333 g/mol. The van der Waals surface area contributed by atoms with Crippen LogP contribution in [0.3, 0.4) is 0 Å². The number of hydrogen-bond donors (Lipinski definition) is 0. The van der Waals surface area contributed by atoms with Crippen molar-refractivity contribution in [2.24, 2.45) is 0 Å². The van der Waals surface area contributed by atoms with Gasteiger partial charge < -0.3 is 4.90 Å². The molecule has 0 saturated heterocycles. The number of halogens is 1. The topological polar surface area (TPSA) is 30.3 Å². The lowest BCUT2D eigenvalue weighted by Gasteiger charge is -2.35. The van der Waals surface area contributed by atoms with Gasteiger partial charge in [0.1, 0.15) is 5.82 Å². The molecule has 4 heteroatoms. The largest absolute Gasteiger partial charge is 0.309 e. The zero-order valence-electron chi connectivity index (χ0n) is 16.0. The molecular weight excluding hydrogens is 301 g/mol. The van der Waals surface area contributed by atoms with Crippen molar-refractivity contribution in [3.05, 3.63) is 35.6 Å². The Morgan fingerprint density at radius 1 is 1.00 bits per heavy atom. The van der Waals surface area contributed by atoms with Gasteiger partial charge in [-0.2, -0.15) is 5.26 Å². The highest BCUT2D eigenvalue weighted by Gasteiger charge is 2.33. The number of benzene rings is 1. The van der Waals surface area contributed by atoms with Crippen LogP contribution in [0.1, 0.15) is 46.1 Å². The van der Waals surface area contributed by atoms with Crippen molar-refractivity contribution in [2.45, 2.75) is 58.0 Å². The predicted octanol–water partition coefficient (Wildman–Crippen LogP) is 4.05. The lowest BCUT2D eigenvalue weighted by molar-refractivity contribution is 0.159. The molecule has 1 aromatic carbocycles. The fourth-order valence-electron chi connectivity index (χ4n) is 3.21. The van der Waals surface area contributed by atoms with E-state index in [-0.39, 0.29) is 5.82 Å². The highest BCUT2D eigenvalue weighted by molar-refractivity contribution is 5.33. The van der Waals surface area contributed by atoms with E-state index in [1.54, 1.807) is 12.1 Å². The van der Waals surface area contributed by atoms with Crippen LogP contribution < -0.4 is 0 Å². The van der Waals surface area contributed by atoms with Crippen LogP contribution in [0.25, 0.3) is 0 Å². The summed E-state index contributed by atoms with van der Waals surface area (Å²) in [6.45, 7) is 10.4. The molecule has 0 spiro atoms. The molecule has 3 nitrogen and oxygen atoms in total. The van der Waals surface area contributed by atoms with E-state index in [0.717, 1.165) is 31.5 Å². The lowest BCUT2D eigenvalue weighted by atomic mass is 9.75. The molecule has 1 aromatic rings. The lowest BCUT2D eigenvalue weighted by Crippen LogP contribution is -2.41. The van der Waals surface area contributed by atoms with E-state index < -0.39 is 5.41 Å². The first-order valence-electron chi connectivity index (χ1n) is 8.79. The molecule has 0 amide bonds. The molecule has 0 bridgehead atoms. The van der Waals surface area contributed by atoms with Gasteiger partial charge in [-0.1, -0.05) is 12.1 Å². The third-order valence-electron chi connectivity index (χ3n) is 4.72. The first-order valence-corrected chi connectivity index (χ1v) is 8.79. The smallest absolute Gasteiger partial charge is 0.123 e. The van der Waals surface area contributed by atoms with E-state index >= 15 is 0 Å². The van der Waals surface area contributed by atoms with Gasteiger partial charge in [0.15, 0.2) is 0 Å². The van der Waals surface area contributed by atoms with Crippen LogP contribution in [0, 0.1) is 17.1 Å². The second-order valence-corrected chi connectivity index (χ2v) is 7.43. The zero-order valence-corrected chi connectivity index (χ0v) is 16.0. The highest BCUT2D eigenvalue weighted by atomic mass is 19.1. The second-order valence-electron chi connectivity index (χ2n) is 7.43. The van der Waals surface area contributed by atoms with Gasteiger partial charge in [0.25, 0.3) is 0 Å². The van der Waals surface area contributed by atoms with Crippen LogP contribution in [0.2, 0.25) is 0 Å². The third kappa shape index (κ3) is 5.58. The van der Waals surface area contributed by atoms with Crippen molar-refractivity contribution < 1.29 is 4.39 Å². The van der Waals surface area contributed by atoms with Gasteiger partial charge in [0.05, 0.1) is 11.5 Å². The molecule has 1 unspecified atom stereocenters. The summed E-state index contributed by atoms with van der Waals surface area (Å²) in [7, 11) is 4.03. The first kappa shape index (κ1) is 20.6. The van der Waals surface area contributed by atoms with Gasteiger partial charge in [0.2, 0.25) is 0 Å². The number of nitrogens with zero attached hydrogens (tertiary/aromatic N) is 3. The molecule has 0 fully saturated rings. The Hall–Kier alpha value is -1.44. The number of nitriles is 1. The molecule has 0 aliphatic carbocycles. The monoisotopic (exact) mass is 333 g/mol. The molecule has 0 aromatic heterocycles. The van der Waals surface area contributed by atoms with Crippen molar-refractivity contribution >= 4 is 0 Å². The molecular formula is C20H32FN3. The van der Waals surface area contributed by atoms with Crippen molar-refractivity contribution in [3.8, 4) is 6.07 Å². The van der Waals surface area contributed by atoms with Crippen LogP contribution in [0.5, 0.6) is 0 Å². The van der Waals surface area contributed by atoms with E-state index in [1.165, 1.54) is 12.1 Å². The highest BCUT2D eigenvalue weighted by Crippen LogP contribution is 2.32. The standard InChI is InChI=1S/C20H32FN3/c1-16(2)24(17(3)4)14-12-20(15-22,11-13-23(5)6)18-7-9-19(21)10-8-18/h7-10,16-17H,11-14H2,1-6H3. The molecule has 0 aliphatic rings. The Morgan fingerprint density at radius 3 is 1.92 bits per heavy atom. The van der Waals surface area contributed by atoms with Gasteiger partial charge in [-0.15, -0.1) is 0 Å². The maximum Gasteiger partial charge on any atom is 0.123 e. The number of rotatable bonds is 9.